The maximum atomic E-state index is 9.63. The third-order valence-corrected chi connectivity index (χ3v) is 4.86. The largest absolute Gasteiger partial charge is 0.493 e. The first-order valence-electron chi connectivity index (χ1n) is 7.87. The number of benzene rings is 1. The van der Waals surface area contributed by atoms with Gasteiger partial charge in [0.25, 0.3) is 0 Å². The van der Waals surface area contributed by atoms with Gasteiger partial charge < -0.3 is 19.5 Å². The fraction of sp³-hybridized carbons (Fsp3) is 0.647. The van der Waals surface area contributed by atoms with E-state index in [0.29, 0.717) is 28.4 Å². The highest BCUT2D eigenvalue weighted by Gasteiger charge is 2.32. The molecule has 1 heterocycles. The lowest BCUT2D eigenvalue weighted by Gasteiger charge is -2.20. The van der Waals surface area contributed by atoms with E-state index < -0.39 is 0 Å². The molecule has 1 aromatic rings. The van der Waals surface area contributed by atoms with Crippen molar-refractivity contribution in [3.8, 4) is 11.5 Å². The number of aliphatic hydroxyl groups excluding tert-OH is 1. The van der Waals surface area contributed by atoms with Gasteiger partial charge in [-0.2, -0.15) is 0 Å². The lowest BCUT2D eigenvalue weighted by molar-refractivity contribution is 0.183. The van der Waals surface area contributed by atoms with E-state index in [2.05, 4.69) is 23.9 Å². The molecule has 0 bridgehead atoms. The molecule has 0 aromatic heterocycles. The van der Waals surface area contributed by atoms with E-state index in [0.717, 1.165) is 31.7 Å². The molecule has 0 saturated carbocycles. The van der Waals surface area contributed by atoms with Crippen LogP contribution in [0.1, 0.15) is 5.56 Å². The number of rotatable bonds is 7. The smallest absolute Gasteiger partial charge is 0.179 e. The highest BCUT2D eigenvalue weighted by Crippen LogP contribution is 2.38. The summed E-state index contributed by atoms with van der Waals surface area (Å²) in [6.45, 7) is 3.82. The summed E-state index contributed by atoms with van der Waals surface area (Å²) in [4.78, 5) is 4.53. The lowest BCUT2D eigenvalue weighted by Crippen LogP contribution is -2.28. The number of nitrogens with zero attached hydrogens (tertiary/aromatic N) is 2. The molecule has 1 N–H and O–H groups in total. The van der Waals surface area contributed by atoms with Crippen LogP contribution in [0, 0.1) is 11.8 Å². The minimum Gasteiger partial charge on any atom is -0.493 e. The Hall–Kier alpha value is -1.01. The van der Waals surface area contributed by atoms with Gasteiger partial charge in [-0.3, -0.25) is 4.90 Å². The molecule has 1 aliphatic heterocycles. The van der Waals surface area contributed by atoms with Gasteiger partial charge in [-0.1, -0.05) is 17.7 Å². The molecule has 130 valence electrons. The van der Waals surface area contributed by atoms with Crippen molar-refractivity contribution in [1.82, 2.24) is 9.80 Å². The standard InChI is InChI=1S/C17H27ClN2O3/c1-19(2)7-13-9-20(10-14(13)11-21)8-12-5-6-15(22-3)17(23-4)16(12)18/h5-6,13-14,21H,7-11H2,1-4H3/t13-,14-/m1/s1. The molecule has 0 spiro atoms. The average Bonchev–Trinajstić information content (AvgIpc) is 2.89. The van der Waals surface area contributed by atoms with E-state index in [4.69, 9.17) is 21.1 Å². The van der Waals surface area contributed by atoms with Gasteiger partial charge in [0.2, 0.25) is 0 Å². The second kappa shape index (κ2) is 8.20. The Kier molecular flexibility index (Phi) is 6.53. The second-order valence-electron chi connectivity index (χ2n) is 6.43. The van der Waals surface area contributed by atoms with Crippen LogP contribution in [-0.4, -0.2) is 69.5 Å². The minimum atomic E-state index is 0.231. The van der Waals surface area contributed by atoms with Crippen LogP contribution >= 0.6 is 11.6 Å². The fourth-order valence-corrected chi connectivity index (χ4v) is 3.63. The molecule has 0 unspecified atom stereocenters. The maximum absolute atomic E-state index is 9.63. The third-order valence-electron chi connectivity index (χ3n) is 4.45. The van der Waals surface area contributed by atoms with Crippen LogP contribution in [0.5, 0.6) is 11.5 Å². The van der Waals surface area contributed by atoms with Crippen molar-refractivity contribution >= 4 is 11.6 Å². The van der Waals surface area contributed by atoms with Crippen molar-refractivity contribution in [3.05, 3.63) is 22.7 Å². The van der Waals surface area contributed by atoms with E-state index >= 15 is 0 Å². The molecule has 5 nitrogen and oxygen atoms in total. The lowest BCUT2D eigenvalue weighted by atomic mass is 9.97. The number of methoxy groups -OCH3 is 2. The van der Waals surface area contributed by atoms with Crippen LogP contribution in [-0.2, 0) is 6.54 Å². The first-order chi connectivity index (χ1) is 11.0. The van der Waals surface area contributed by atoms with Crippen molar-refractivity contribution in [2.24, 2.45) is 11.8 Å². The molecule has 0 aliphatic carbocycles. The van der Waals surface area contributed by atoms with Crippen LogP contribution < -0.4 is 9.47 Å². The van der Waals surface area contributed by atoms with Crippen LogP contribution in [0.3, 0.4) is 0 Å². The summed E-state index contributed by atoms with van der Waals surface area (Å²) in [5.74, 6) is 2.01. The summed E-state index contributed by atoms with van der Waals surface area (Å²) >= 11 is 6.47. The quantitative estimate of drug-likeness (QED) is 0.820. The first-order valence-corrected chi connectivity index (χ1v) is 8.25. The minimum absolute atomic E-state index is 0.231. The van der Waals surface area contributed by atoms with Crippen molar-refractivity contribution in [3.63, 3.8) is 0 Å². The summed E-state index contributed by atoms with van der Waals surface area (Å²) in [5, 5.41) is 10.2. The Morgan fingerprint density at radius 1 is 1.22 bits per heavy atom. The van der Waals surface area contributed by atoms with Gasteiger partial charge >= 0.3 is 0 Å². The molecule has 23 heavy (non-hydrogen) atoms. The highest BCUT2D eigenvalue weighted by atomic mass is 35.5. The SMILES string of the molecule is COc1ccc(CN2C[C@@H](CN(C)C)[C@@H](CO)C2)c(Cl)c1OC. The topological polar surface area (TPSA) is 45.2 Å². The summed E-state index contributed by atoms with van der Waals surface area (Å²) in [7, 11) is 7.34. The number of likely N-dealkylation sites (tertiary alicyclic amines) is 1. The average molecular weight is 343 g/mol. The van der Waals surface area contributed by atoms with Gasteiger partial charge in [0.1, 0.15) is 0 Å². The van der Waals surface area contributed by atoms with Crippen LogP contribution in [0.4, 0.5) is 0 Å². The van der Waals surface area contributed by atoms with Crippen molar-refractivity contribution in [2.45, 2.75) is 6.54 Å². The summed E-state index contributed by atoms with van der Waals surface area (Å²) in [5.41, 5.74) is 1.02. The van der Waals surface area contributed by atoms with Gasteiger partial charge in [-0.25, -0.2) is 0 Å². The van der Waals surface area contributed by atoms with Crippen molar-refractivity contribution in [1.29, 1.82) is 0 Å². The summed E-state index contributed by atoms with van der Waals surface area (Å²) < 4.78 is 10.6. The van der Waals surface area contributed by atoms with Crippen LogP contribution in [0.15, 0.2) is 12.1 Å². The van der Waals surface area contributed by atoms with Gasteiger partial charge in [-0.15, -0.1) is 0 Å². The Labute approximate surface area is 143 Å². The molecule has 1 aliphatic rings. The zero-order chi connectivity index (χ0) is 17.0. The zero-order valence-corrected chi connectivity index (χ0v) is 15.1. The maximum Gasteiger partial charge on any atom is 0.179 e. The van der Waals surface area contributed by atoms with E-state index in [1.165, 1.54) is 0 Å². The predicted molar refractivity (Wildman–Crippen MR) is 92.5 cm³/mol. The molecule has 1 fully saturated rings. The molecule has 1 aromatic carbocycles. The molecule has 2 rings (SSSR count). The van der Waals surface area contributed by atoms with Gasteiger partial charge in [-0.05, 0) is 37.6 Å². The molecule has 2 atom stereocenters. The second-order valence-corrected chi connectivity index (χ2v) is 6.81. The van der Waals surface area contributed by atoms with E-state index in [9.17, 15) is 5.11 Å². The monoisotopic (exact) mass is 342 g/mol. The molecule has 0 radical (unpaired) electrons. The summed E-state index contributed by atoms with van der Waals surface area (Å²) in [6.07, 6.45) is 0. The molecule has 6 heteroatoms. The van der Waals surface area contributed by atoms with Crippen LogP contribution in [0.25, 0.3) is 0 Å². The van der Waals surface area contributed by atoms with Crippen molar-refractivity contribution in [2.75, 3.05) is 54.6 Å². The molecule has 1 saturated heterocycles. The normalized spacial score (nSPS) is 21.9. The van der Waals surface area contributed by atoms with E-state index in [-0.39, 0.29) is 6.61 Å². The number of hydrogen-bond donors (Lipinski definition) is 1. The Balaban J connectivity index is 2.11. The summed E-state index contributed by atoms with van der Waals surface area (Å²) in [6, 6.07) is 3.87. The van der Waals surface area contributed by atoms with Gasteiger partial charge in [0, 0.05) is 32.8 Å². The number of hydrogen-bond acceptors (Lipinski definition) is 5. The highest BCUT2D eigenvalue weighted by molar-refractivity contribution is 6.33. The first kappa shape index (κ1) is 18.3. The number of aliphatic hydroxyl groups is 1. The fourth-order valence-electron chi connectivity index (χ4n) is 3.34. The predicted octanol–water partition coefficient (Wildman–Crippen LogP) is 1.96. The van der Waals surface area contributed by atoms with Crippen LogP contribution in [0.2, 0.25) is 5.02 Å². The van der Waals surface area contributed by atoms with E-state index in [1.807, 2.05) is 12.1 Å². The number of ether oxygens (including phenoxy) is 2. The number of halogens is 1. The molecular formula is C17H27ClN2O3. The van der Waals surface area contributed by atoms with E-state index in [1.54, 1.807) is 14.2 Å². The molecule has 0 amide bonds. The Morgan fingerprint density at radius 3 is 2.48 bits per heavy atom. The van der Waals surface area contributed by atoms with Gasteiger partial charge in [0.05, 0.1) is 19.2 Å². The van der Waals surface area contributed by atoms with Gasteiger partial charge in [0.15, 0.2) is 11.5 Å². The Bertz CT molecular complexity index is 525. The third kappa shape index (κ3) is 4.29. The Morgan fingerprint density at radius 2 is 1.91 bits per heavy atom. The zero-order valence-electron chi connectivity index (χ0n) is 14.4. The van der Waals surface area contributed by atoms with Crippen molar-refractivity contribution < 1.29 is 14.6 Å². The molecular weight excluding hydrogens is 316 g/mol.